The van der Waals surface area contributed by atoms with Crippen LogP contribution in [0.5, 0.6) is 5.75 Å². The van der Waals surface area contributed by atoms with E-state index < -0.39 is 0 Å². The summed E-state index contributed by atoms with van der Waals surface area (Å²) in [4.78, 5) is 4.26. The van der Waals surface area contributed by atoms with E-state index in [0.717, 1.165) is 17.9 Å². The number of methoxy groups -OCH3 is 1. The molecule has 2 nitrogen and oxygen atoms in total. The first-order chi connectivity index (χ1) is 5.86. The molecule has 0 saturated heterocycles. The predicted octanol–water partition coefficient (Wildman–Crippen LogP) is 2.43. The van der Waals surface area contributed by atoms with Gasteiger partial charge in [0.1, 0.15) is 5.75 Å². The van der Waals surface area contributed by atoms with Gasteiger partial charge in [-0.05, 0) is 25.0 Å². The Hall–Kier alpha value is -1.05. The molecule has 0 fully saturated rings. The number of pyridine rings is 1. The van der Waals surface area contributed by atoms with Gasteiger partial charge in [-0.25, -0.2) is 0 Å². The van der Waals surface area contributed by atoms with Crippen LogP contribution in [-0.2, 0) is 6.42 Å². The van der Waals surface area contributed by atoms with E-state index in [-0.39, 0.29) is 0 Å². The van der Waals surface area contributed by atoms with Gasteiger partial charge < -0.3 is 4.74 Å². The van der Waals surface area contributed by atoms with Gasteiger partial charge in [0.05, 0.1) is 13.3 Å². The van der Waals surface area contributed by atoms with Crippen LogP contribution in [0.15, 0.2) is 18.3 Å². The quantitative estimate of drug-likeness (QED) is 0.683. The van der Waals surface area contributed by atoms with E-state index in [0.29, 0.717) is 0 Å². The second-order valence-electron chi connectivity index (χ2n) is 2.79. The SMILES string of the molecule is CCCCc1ccc(OC)cn1. The number of nitrogens with zero attached hydrogens (tertiary/aromatic N) is 1. The van der Waals surface area contributed by atoms with Crippen molar-refractivity contribution in [3.05, 3.63) is 24.0 Å². The van der Waals surface area contributed by atoms with E-state index in [1.54, 1.807) is 13.3 Å². The molecule has 0 atom stereocenters. The fourth-order valence-corrected chi connectivity index (χ4v) is 1.04. The summed E-state index contributed by atoms with van der Waals surface area (Å²) in [6.07, 6.45) is 5.26. The Bertz CT molecular complexity index is 218. The van der Waals surface area contributed by atoms with E-state index in [9.17, 15) is 0 Å². The average molecular weight is 165 g/mol. The normalized spacial score (nSPS) is 9.83. The molecular formula is C10H15NO. The largest absolute Gasteiger partial charge is 0.495 e. The lowest BCUT2D eigenvalue weighted by Gasteiger charge is -2.00. The third-order valence-corrected chi connectivity index (χ3v) is 1.82. The van der Waals surface area contributed by atoms with E-state index in [1.807, 2.05) is 12.1 Å². The van der Waals surface area contributed by atoms with Crippen LogP contribution in [0.3, 0.4) is 0 Å². The van der Waals surface area contributed by atoms with Crippen LogP contribution < -0.4 is 4.74 Å². The summed E-state index contributed by atoms with van der Waals surface area (Å²) < 4.78 is 5.01. The number of aromatic nitrogens is 1. The fraction of sp³-hybridized carbons (Fsp3) is 0.500. The average Bonchev–Trinajstić information content (AvgIpc) is 2.15. The smallest absolute Gasteiger partial charge is 0.137 e. The van der Waals surface area contributed by atoms with Crippen LogP contribution in [0.2, 0.25) is 0 Å². The van der Waals surface area contributed by atoms with Crippen LogP contribution in [-0.4, -0.2) is 12.1 Å². The molecule has 1 aromatic rings. The molecule has 0 spiro atoms. The Morgan fingerprint density at radius 1 is 1.42 bits per heavy atom. The molecular weight excluding hydrogens is 150 g/mol. The molecule has 0 amide bonds. The van der Waals surface area contributed by atoms with Gasteiger partial charge in [0, 0.05) is 5.69 Å². The van der Waals surface area contributed by atoms with Gasteiger partial charge in [-0.3, -0.25) is 4.98 Å². The van der Waals surface area contributed by atoms with Crippen LogP contribution in [0.4, 0.5) is 0 Å². The van der Waals surface area contributed by atoms with Crippen molar-refractivity contribution in [2.24, 2.45) is 0 Å². The summed E-state index contributed by atoms with van der Waals surface area (Å²) in [5, 5.41) is 0. The molecule has 2 heteroatoms. The molecule has 1 rings (SSSR count). The van der Waals surface area contributed by atoms with E-state index in [4.69, 9.17) is 4.74 Å². The molecule has 0 aromatic carbocycles. The first-order valence-electron chi connectivity index (χ1n) is 4.35. The molecule has 1 aromatic heterocycles. The van der Waals surface area contributed by atoms with Crippen molar-refractivity contribution in [1.29, 1.82) is 0 Å². The summed E-state index contributed by atoms with van der Waals surface area (Å²) in [7, 11) is 1.66. The maximum Gasteiger partial charge on any atom is 0.137 e. The summed E-state index contributed by atoms with van der Waals surface area (Å²) in [6.45, 7) is 2.18. The Labute approximate surface area is 73.6 Å². The van der Waals surface area contributed by atoms with Crippen molar-refractivity contribution in [3.63, 3.8) is 0 Å². The zero-order valence-electron chi connectivity index (χ0n) is 7.71. The monoisotopic (exact) mass is 165 g/mol. The van der Waals surface area contributed by atoms with Gasteiger partial charge in [-0.2, -0.15) is 0 Å². The van der Waals surface area contributed by atoms with Crippen molar-refractivity contribution >= 4 is 0 Å². The van der Waals surface area contributed by atoms with Crippen molar-refractivity contribution in [2.45, 2.75) is 26.2 Å². The van der Waals surface area contributed by atoms with Gasteiger partial charge >= 0.3 is 0 Å². The minimum absolute atomic E-state index is 0.829. The first kappa shape index (κ1) is 9.04. The lowest BCUT2D eigenvalue weighted by molar-refractivity contribution is 0.412. The molecule has 0 aliphatic rings. The highest BCUT2D eigenvalue weighted by atomic mass is 16.5. The maximum atomic E-state index is 5.01. The highest BCUT2D eigenvalue weighted by Crippen LogP contribution is 2.09. The predicted molar refractivity (Wildman–Crippen MR) is 49.4 cm³/mol. The van der Waals surface area contributed by atoms with E-state index in [1.165, 1.54) is 12.8 Å². The van der Waals surface area contributed by atoms with Crippen molar-refractivity contribution in [2.75, 3.05) is 7.11 Å². The van der Waals surface area contributed by atoms with E-state index in [2.05, 4.69) is 11.9 Å². The number of ether oxygens (including phenoxy) is 1. The third-order valence-electron chi connectivity index (χ3n) is 1.82. The Morgan fingerprint density at radius 2 is 2.25 bits per heavy atom. The molecule has 0 bridgehead atoms. The van der Waals surface area contributed by atoms with E-state index >= 15 is 0 Å². The number of hydrogen-bond acceptors (Lipinski definition) is 2. The number of hydrogen-bond donors (Lipinski definition) is 0. The lowest BCUT2D eigenvalue weighted by Crippen LogP contribution is -1.90. The molecule has 0 unspecified atom stereocenters. The van der Waals surface area contributed by atoms with Crippen LogP contribution in [0, 0.1) is 0 Å². The second-order valence-corrected chi connectivity index (χ2v) is 2.79. The van der Waals surface area contributed by atoms with Gasteiger partial charge in [0.2, 0.25) is 0 Å². The first-order valence-corrected chi connectivity index (χ1v) is 4.35. The lowest BCUT2D eigenvalue weighted by atomic mass is 10.2. The van der Waals surface area contributed by atoms with Crippen molar-refractivity contribution in [1.82, 2.24) is 4.98 Å². The Kier molecular flexibility index (Phi) is 3.58. The number of unbranched alkanes of at least 4 members (excludes halogenated alkanes) is 1. The maximum absolute atomic E-state index is 5.01. The molecule has 1 heterocycles. The minimum atomic E-state index is 0.829. The topological polar surface area (TPSA) is 22.1 Å². The van der Waals surface area contributed by atoms with Crippen LogP contribution in [0.1, 0.15) is 25.5 Å². The zero-order valence-corrected chi connectivity index (χ0v) is 7.71. The Balaban J connectivity index is 2.53. The van der Waals surface area contributed by atoms with Gasteiger partial charge in [-0.15, -0.1) is 0 Å². The summed E-state index contributed by atoms with van der Waals surface area (Å²) in [5.74, 6) is 0.829. The van der Waals surface area contributed by atoms with Crippen molar-refractivity contribution in [3.8, 4) is 5.75 Å². The minimum Gasteiger partial charge on any atom is -0.495 e. The highest BCUT2D eigenvalue weighted by Gasteiger charge is 1.94. The van der Waals surface area contributed by atoms with Gasteiger partial charge in [0.15, 0.2) is 0 Å². The van der Waals surface area contributed by atoms with Crippen molar-refractivity contribution < 1.29 is 4.74 Å². The molecule has 0 N–H and O–H groups in total. The number of aryl methyl sites for hydroxylation is 1. The van der Waals surface area contributed by atoms with Gasteiger partial charge in [0.25, 0.3) is 0 Å². The fourth-order valence-electron chi connectivity index (χ4n) is 1.04. The standard InChI is InChI=1S/C10H15NO/c1-3-4-5-9-6-7-10(12-2)8-11-9/h6-8H,3-5H2,1-2H3. The zero-order chi connectivity index (χ0) is 8.81. The molecule has 0 radical (unpaired) electrons. The summed E-state index contributed by atoms with van der Waals surface area (Å²) >= 11 is 0. The summed E-state index contributed by atoms with van der Waals surface area (Å²) in [5.41, 5.74) is 1.15. The molecule has 0 aliphatic carbocycles. The highest BCUT2D eigenvalue weighted by molar-refractivity contribution is 5.19. The number of rotatable bonds is 4. The van der Waals surface area contributed by atoms with Crippen LogP contribution in [0.25, 0.3) is 0 Å². The molecule has 0 saturated carbocycles. The Morgan fingerprint density at radius 3 is 2.75 bits per heavy atom. The molecule has 0 aliphatic heterocycles. The second kappa shape index (κ2) is 4.75. The molecule has 66 valence electrons. The molecule has 12 heavy (non-hydrogen) atoms. The van der Waals surface area contributed by atoms with Crippen LogP contribution >= 0.6 is 0 Å². The van der Waals surface area contributed by atoms with Gasteiger partial charge in [-0.1, -0.05) is 13.3 Å². The summed E-state index contributed by atoms with van der Waals surface area (Å²) in [6, 6.07) is 3.98. The third kappa shape index (κ3) is 2.53.